The molecule has 0 aliphatic carbocycles. The smallest absolute Gasteiger partial charge is 0.293 e. The summed E-state index contributed by atoms with van der Waals surface area (Å²) in [4.78, 5) is 26.8. The molecule has 2 aromatic rings. The van der Waals surface area contributed by atoms with Crippen molar-refractivity contribution in [2.75, 3.05) is 37.0 Å². The molecular formula is C20H23N5O3. The van der Waals surface area contributed by atoms with Gasteiger partial charge in [-0.15, -0.1) is 0 Å². The highest BCUT2D eigenvalue weighted by molar-refractivity contribution is 5.86. The van der Waals surface area contributed by atoms with E-state index in [0.717, 1.165) is 25.1 Å². The summed E-state index contributed by atoms with van der Waals surface area (Å²) >= 11 is 0. The minimum atomic E-state index is -0.431. The van der Waals surface area contributed by atoms with Crippen LogP contribution in [0.25, 0.3) is 0 Å². The van der Waals surface area contributed by atoms with E-state index in [-0.39, 0.29) is 18.1 Å². The Labute approximate surface area is 163 Å². The van der Waals surface area contributed by atoms with Gasteiger partial charge in [0.1, 0.15) is 5.69 Å². The number of benzene rings is 2. The first-order valence-electron chi connectivity index (χ1n) is 9.06. The van der Waals surface area contributed by atoms with E-state index in [2.05, 4.69) is 16.6 Å². The zero-order chi connectivity index (χ0) is 20.1. The fraction of sp³-hybridized carbons (Fsp3) is 0.300. The summed E-state index contributed by atoms with van der Waals surface area (Å²) in [5.41, 5.74) is 5.88. The molecule has 2 aromatic carbocycles. The summed E-state index contributed by atoms with van der Waals surface area (Å²) in [6, 6.07) is 12.9. The summed E-state index contributed by atoms with van der Waals surface area (Å²) in [7, 11) is 3.49. The molecule has 0 radical (unpaired) electrons. The Kier molecular flexibility index (Phi) is 5.88. The summed E-state index contributed by atoms with van der Waals surface area (Å²) in [6.45, 7) is 1.04. The van der Waals surface area contributed by atoms with Crippen molar-refractivity contribution in [2.45, 2.75) is 12.8 Å². The molecule has 0 bridgehead atoms. The molecule has 0 saturated carbocycles. The minimum absolute atomic E-state index is 0.00907. The van der Waals surface area contributed by atoms with Crippen molar-refractivity contribution in [3.05, 3.63) is 63.7 Å². The van der Waals surface area contributed by atoms with Gasteiger partial charge in [-0.25, -0.2) is 5.43 Å². The van der Waals surface area contributed by atoms with Crippen molar-refractivity contribution in [1.29, 1.82) is 0 Å². The summed E-state index contributed by atoms with van der Waals surface area (Å²) in [6.07, 6.45) is 3.44. The number of hydrazone groups is 1. The molecule has 28 heavy (non-hydrogen) atoms. The maximum Gasteiger partial charge on any atom is 0.293 e. The molecular weight excluding hydrogens is 358 g/mol. The van der Waals surface area contributed by atoms with Crippen molar-refractivity contribution in [2.24, 2.45) is 5.10 Å². The number of rotatable bonds is 6. The van der Waals surface area contributed by atoms with Crippen LogP contribution < -0.4 is 15.2 Å². The van der Waals surface area contributed by atoms with Gasteiger partial charge >= 0.3 is 0 Å². The molecule has 0 atom stereocenters. The Morgan fingerprint density at radius 1 is 1.32 bits per heavy atom. The van der Waals surface area contributed by atoms with Crippen molar-refractivity contribution < 1.29 is 9.72 Å². The van der Waals surface area contributed by atoms with Crippen LogP contribution in [0.3, 0.4) is 0 Å². The van der Waals surface area contributed by atoms with E-state index < -0.39 is 4.92 Å². The topological polar surface area (TPSA) is 91.1 Å². The molecule has 0 spiro atoms. The number of nitrogens with zero attached hydrogens (tertiary/aromatic N) is 4. The van der Waals surface area contributed by atoms with Crippen LogP contribution >= 0.6 is 0 Å². The third-order valence-corrected chi connectivity index (χ3v) is 4.62. The van der Waals surface area contributed by atoms with E-state index in [9.17, 15) is 14.9 Å². The normalized spacial score (nSPS) is 13.3. The molecule has 1 N–H and O–H groups in total. The third-order valence-electron chi connectivity index (χ3n) is 4.62. The van der Waals surface area contributed by atoms with Crippen molar-refractivity contribution in [3.63, 3.8) is 0 Å². The van der Waals surface area contributed by atoms with Crippen LogP contribution in [0, 0.1) is 10.1 Å². The van der Waals surface area contributed by atoms with Gasteiger partial charge in [0.25, 0.3) is 11.6 Å². The second-order valence-corrected chi connectivity index (χ2v) is 6.85. The molecule has 8 nitrogen and oxygen atoms in total. The van der Waals surface area contributed by atoms with Gasteiger partial charge in [0, 0.05) is 38.0 Å². The van der Waals surface area contributed by atoms with Crippen LogP contribution in [0.1, 0.15) is 17.5 Å². The third kappa shape index (κ3) is 4.46. The Hall–Kier alpha value is -3.42. The molecule has 1 heterocycles. The van der Waals surface area contributed by atoms with Gasteiger partial charge in [-0.3, -0.25) is 14.9 Å². The molecule has 1 aliphatic heterocycles. The second kappa shape index (κ2) is 8.51. The number of carbonyl (C=O) groups is 1. The van der Waals surface area contributed by atoms with Crippen molar-refractivity contribution >= 4 is 29.2 Å². The highest BCUT2D eigenvalue weighted by Crippen LogP contribution is 2.27. The van der Waals surface area contributed by atoms with E-state index in [1.165, 1.54) is 17.8 Å². The SMILES string of the molecule is CN(C)c1ccc(/C=N\NC(=O)CN2CCCc3ccccc32)cc1[N+](=O)[O-]. The van der Waals surface area contributed by atoms with Crippen molar-refractivity contribution in [3.8, 4) is 0 Å². The van der Waals surface area contributed by atoms with E-state index in [1.807, 2.05) is 23.1 Å². The van der Waals surface area contributed by atoms with Gasteiger partial charge < -0.3 is 9.80 Å². The van der Waals surface area contributed by atoms with Crippen LogP contribution in [-0.2, 0) is 11.2 Å². The van der Waals surface area contributed by atoms with Gasteiger partial charge in [0.2, 0.25) is 0 Å². The van der Waals surface area contributed by atoms with Gasteiger partial charge in [-0.1, -0.05) is 24.3 Å². The van der Waals surface area contributed by atoms with Crippen LogP contribution in [0.5, 0.6) is 0 Å². The fourth-order valence-corrected chi connectivity index (χ4v) is 3.31. The number of fused-ring (bicyclic) bond motifs is 1. The molecule has 1 aliphatic rings. The first-order valence-corrected chi connectivity index (χ1v) is 9.06. The van der Waals surface area contributed by atoms with Crippen molar-refractivity contribution in [1.82, 2.24) is 5.43 Å². The molecule has 0 saturated heterocycles. The average Bonchev–Trinajstić information content (AvgIpc) is 2.68. The number of hydrogen-bond donors (Lipinski definition) is 1. The van der Waals surface area contributed by atoms with Crippen LogP contribution in [0.15, 0.2) is 47.6 Å². The first kappa shape index (κ1) is 19.3. The standard InChI is InChI=1S/C20H23N5O3/c1-23(2)18-10-9-15(12-19(18)25(27)28)13-21-22-20(26)14-24-11-5-7-16-6-3-4-8-17(16)24/h3-4,6,8-10,12-13H,5,7,11,14H2,1-2H3,(H,22,26)/b21-13-. The second-order valence-electron chi connectivity index (χ2n) is 6.85. The molecule has 146 valence electrons. The fourth-order valence-electron chi connectivity index (χ4n) is 3.31. The predicted molar refractivity (Wildman–Crippen MR) is 110 cm³/mol. The van der Waals surface area contributed by atoms with E-state index in [0.29, 0.717) is 11.3 Å². The maximum absolute atomic E-state index is 12.2. The Balaban J connectivity index is 1.63. The Morgan fingerprint density at radius 2 is 2.11 bits per heavy atom. The lowest BCUT2D eigenvalue weighted by Gasteiger charge is -2.30. The maximum atomic E-state index is 12.2. The molecule has 0 fully saturated rings. The lowest BCUT2D eigenvalue weighted by Crippen LogP contribution is -2.38. The lowest BCUT2D eigenvalue weighted by molar-refractivity contribution is -0.384. The molecule has 3 rings (SSSR count). The number of hydrogen-bond acceptors (Lipinski definition) is 6. The van der Waals surface area contributed by atoms with E-state index >= 15 is 0 Å². The van der Waals surface area contributed by atoms with Crippen LogP contribution in [0.2, 0.25) is 0 Å². The Morgan fingerprint density at radius 3 is 2.86 bits per heavy atom. The molecule has 0 aromatic heterocycles. The number of nitro benzene ring substituents is 1. The van der Waals surface area contributed by atoms with Gasteiger partial charge in [-0.05, 0) is 30.5 Å². The molecule has 0 unspecified atom stereocenters. The Bertz CT molecular complexity index is 910. The highest BCUT2D eigenvalue weighted by Gasteiger charge is 2.18. The number of carbonyl (C=O) groups excluding carboxylic acids is 1. The van der Waals surface area contributed by atoms with E-state index in [4.69, 9.17) is 0 Å². The first-order chi connectivity index (χ1) is 13.5. The number of nitrogens with one attached hydrogen (secondary N) is 1. The van der Waals surface area contributed by atoms with Crippen LogP contribution in [0.4, 0.5) is 17.1 Å². The molecule has 1 amide bonds. The number of amides is 1. The summed E-state index contributed by atoms with van der Waals surface area (Å²) < 4.78 is 0. The highest BCUT2D eigenvalue weighted by atomic mass is 16.6. The summed E-state index contributed by atoms with van der Waals surface area (Å²) in [5, 5.41) is 15.2. The monoisotopic (exact) mass is 381 g/mol. The van der Waals surface area contributed by atoms with Gasteiger partial charge in [0.05, 0.1) is 17.7 Å². The largest absolute Gasteiger partial charge is 0.372 e. The van der Waals surface area contributed by atoms with E-state index in [1.54, 1.807) is 31.1 Å². The average molecular weight is 381 g/mol. The number of nitro groups is 1. The number of aryl methyl sites for hydroxylation is 1. The molecule has 8 heteroatoms. The minimum Gasteiger partial charge on any atom is -0.372 e. The quantitative estimate of drug-likeness (QED) is 0.472. The number of para-hydroxylation sites is 1. The zero-order valence-corrected chi connectivity index (χ0v) is 16.0. The number of anilines is 2. The summed E-state index contributed by atoms with van der Waals surface area (Å²) in [5.74, 6) is -0.229. The van der Waals surface area contributed by atoms with Crippen LogP contribution in [-0.4, -0.2) is 44.2 Å². The van der Waals surface area contributed by atoms with Gasteiger partial charge in [0.15, 0.2) is 0 Å². The predicted octanol–water partition coefficient (Wildman–Crippen LogP) is 2.56. The zero-order valence-electron chi connectivity index (χ0n) is 16.0. The van der Waals surface area contributed by atoms with Gasteiger partial charge in [-0.2, -0.15) is 5.10 Å². The lowest BCUT2D eigenvalue weighted by atomic mass is 10.0.